The summed E-state index contributed by atoms with van der Waals surface area (Å²) in [7, 11) is 0. The number of carbonyl (C=O) groups excluding carboxylic acids is 1. The van der Waals surface area contributed by atoms with Crippen molar-refractivity contribution in [1.29, 1.82) is 0 Å². The van der Waals surface area contributed by atoms with Crippen molar-refractivity contribution < 1.29 is 13.9 Å². The van der Waals surface area contributed by atoms with Gasteiger partial charge in [-0.15, -0.1) is 0 Å². The summed E-state index contributed by atoms with van der Waals surface area (Å²) in [5.74, 6) is -0.323. The Balaban J connectivity index is 1.32. The molecule has 0 unspecified atom stereocenters. The van der Waals surface area contributed by atoms with Crippen LogP contribution in [-0.2, 0) is 30.4 Å². The lowest BCUT2D eigenvalue weighted by atomic mass is 9.90. The molecule has 1 aliphatic carbocycles. The zero-order valence-corrected chi connectivity index (χ0v) is 19.1. The number of amides is 1. The van der Waals surface area contributed by atoms with Crippen LogP contribution in [0.1, 0.15) is 45.6 Å². The fraction of sp³-hybridized carbons (Fsp3) is 0.370. The van der Waals surface area contributed by atoms with Crippen LogP contribution in [0.5, 0.6) is 0 Å². The summed E-state index contributed by atoms with van der Waals surface area (Å²) in [6.45, 7) is 2.29. The van der Waals surface area contributed by atoms with E-state index in [-0.39, 0.29) is 17.3 Å². The van der Waals surface area contributed by atoms with Crippen LogP contribution < -0.4 is 5.56 Å². The molecule has 2 heterocycles. The summed E-state index contributed by atoms with van der Waals surface area (Å²) in [4.78, 5) is 26.6. The number of aryl methyl sites for hydroxylation is 2. The first-order chi connectivity index (χ1) is 16.6. The summed E-state index contributed by atoms with van der Waals surface area (Å²) in [6.07, 6.45) is 5.22. The first-order valence-corrected chi connectivity index (χ1v) is 12.0. The minimum absolute atomic E-state index is 0.0270. The van der Waals surface area contributed by atoms with E-state index < -0.39 is 0 Å². The van der Waals surface area contributed by atoms with Gasteiger partial charge in [0.1, 0.15) is 5.82 Å². The highest BCUT2D eigenvalue weighted by Crippen LogP contribution is 2.26. The Labute approximate surface area is 197 Å². The van der Waals surface area contributed by atoms with Crippen LogP contribution in [0, 0.1) is 5.82 Å². The minimum Gasteiger partial charge on any atom is -0.378 e. The molecule has 5 rings (SSSR count). The Morgan fingerprint density at radius 1 is 1.00 bits per heavy atom. The lowest BCUT2D eigenvalue weighted by Gasteiger charge is -2.26. The van der Waals surface area contributed by atoms with E-state index in [2.05, 4.69) is 10.2 Å². The van der Waals surface area contributed by atoms with E-state index in [1.54, 1.807) is 35.2 Å². The number of fused-ring (bicyclic) bond motifs is 1. The highest BCUT2D eigenvalue weighted by molar-refractivity contribution is 5.94. The predicted octanol–water partition coefficient (Wildman–Crippen LogP) is 3.71. The van der Waals surface area contributed by atoms with E-state index in [4.69, 9.17) is 4.74 Å². The molecule has 34 heavy (non-hydrogen) atoms. The summed E-state index contributed by atoms with van der Waals surface area (Å²) in [5, 5.41) is 6.96. The average molecular weight is 462 g/mol. The molecule has 1 N–H and O–H groups in total. The van der Waals surface area contributed by atoms with Crippen molar-refractivity contribution in [2.24, 2.45) is 0 Å². The zero-order valence-electron chi connectivity index (χ0n) is 19.1. The van der Waals surface area contributed by atoms with Crippen molar-refractivity contribution in [3.8, 4) is 11.1 Å². The van der Waals surface area contributed by atoms with Crippen LogP contribution >= 0.6 is 0 Å². The molecule has 0 spiro atoms. The molecule has 1 aliphatic heterocycles. The van der Waals surface area contributed by atoms with Gasteiger partial charge < -0.3 is 9.64 Å². The van der Waals surface area contributed by atoms with Crippen LogP contribution in [0.2, 0.25) is 0 Å². The number of aromatic amines is 1. The second-order valence-corrected chi connectivity index (χ2v) is 8.96. The van der Waals surface area contributed by atoms with Crippen molar-refractivity contribution in [3.05, 3.63) is 86.6 Å². The number of benzene rings is 2. The van der Waals surface area contributed by atoms with Crippen LogP contribution in [-0.4, -0.2) is 47.3 Å². The first kappa shape index (κ1) is 22.5. The van der Waals surface area contributed by atoms with Crippen molar-refractivity contribution in [2.75, 3.05) is 26.3 Å². The fourth-order valence-electron chi connectivity index (χ4n) is 4.89. The van der Waals surface area contributed by atoms with Crippen LogP contribution in [0.25, 0.3) is 11.1 Å². The number of ether oxygens (including phenoxy) is 1. The summed E-state index contributed by atoms with van der Waals surface area (Å²) in [5.41, 5.74) is 5.68. The minimum atomic E-state index is -0.296. The van der Waals surface area contributed by atoms with E-state index in [1.807, 2.05) is 6.07 Å². The maximum Gasteiger partial charge on any atom is 0.267 e. The summed E-state index contributed by atoms with van der Waals surface area (Å²) < 4.78 is 20.0. The number of hydrogen-bond donors (Lipinski definition) is 1. The first-order valence-electron chi connectivity index (χ1n) is 12.0. The molecule has 2 aliphatic rings. The maximum absolute atomic E-state index is 14.7. The van der Waals surface area contributed by atoms with Gasteiger partial charge in [0.2, 0.25) is 0 Å². The quantitative estimate of drug-likeness (QED) is 0.629. The molecule has 0 radical (unpaired) electrons. The molecule has 2 aromatic carbocycles. The third-order valence-corrected chi connectivity index (χ3v) is 6.81. The van der Waals surface area contributed by atoms with E-state index >= 15 is 0 Å². The molecule has 3 aromatic rings. The maximum atomic E-state index is 14.7. The predicted molar refractivity (Wildman–Crippen MR) is 127 cm³/mol. The van der Waals surface area contributed by atoms with Gasteiger partial charge in [0.05, 0.1) is 18.9 Å². The Morgan fingerprint density at radius 2 is 1.74 bits per heavy atom. The molecule has 1 saturated heterocycles. The van der Waals surface area contributed by atoms with E-state index in [0.29, 0.717) is 50.3 Å². The molecule has 0 saturated carbocycles. The highest BCUT2D eigenvalue weighted by Gasteiger charge is 2.19. The molecular formula is C27H28FN3O3. The third kappa shape index (κ3) is 4.66. The van der Waals surface area contributed by atoms with Gasteiger partial charge in [-0.3, -0.25) is 9.59 Å². The largest absolute Gasteiger partial charge is 0.378 e. The monoisotopic (exact) mass is 461 g/mol. The number of nitrogens with one attached hydrogen (secondary N) is 1. The normalized spacial score (nSPS) is 15.7. The zero-order chi connectivity index (χ0) is 23.5. The molecule has 7 heteroatoms. The van der Waals surface area contributed by atoms with E-state index in [9.17, 15) is 14.0 Å². The van der Waals surface area contributed by atoms with Crippen molar-refractivity contribution in [3.63, 3.8) is 0 Å². The Kier molecular flexibility index (Phi) is 6.54. The third-order valence-electron chi connectivity index (χ3n) is 6.81. The van der Waals surface area contributed by atoms with Gasteiger partial charge in [0.15, 0.2) is 0 Å². The van der Waals surface area contributed by atoms with Crippen molar-refractivity contribution >= 4 is 5.91 Å². The molecule has 1 amide bonds. The van der Waals surface area contributed by atoms with Crippen molar-refractivity contribution in [2.45, 2.75) is 38.5 Å². The second-order valence-electron chi connectivity index (χ2n) is 8.96. The SMILES string of the molecule is O=C(c1ccc(-c2cc(CCc3n[nH]c(=O)c4c3CCCC4)ccc2F)cc1)N1CCOCC1. The van der Waals surface area contributed by atoms with Gasteiger partial charge in [-0.05, 0) is 79.5 Å². The Morgan fingerprint density at radius 3 is 2.50 bits per heavy atom. The lowest BCUT2D eigenvalue weighted by molar-refractivity contribution is 0.0303. The van der Waals surface area contributed by atoms with E-state index in [1.165, 1.54) is 6.07 Å². The molecule has 6 nitrogen and oxygen atoms in total. The van der Waals surface area contributed by atoms with Crippen LogP contribution in [0.3, 0.4) is 0 Å². The molecular weight excluding hydrogens is 433 g/mol. The second kappa shape index (κ2) is 9.89. The Bertz CT molecular complexity index is 1250. The summed E-state index contributed by atoms with van der Waals surface area (Å²) in [6, 6.07) is 12.3. The number of morpholine rings is 1. The topological polar surface area (TPSA) is 75.3 Å². The van der Waals surface area contributed by atoms with Gasteiger partial charge in [-0.1, -0.05) is 18.2 Å². The van der Waals surface area contributed by atoms with Crippen LogP contribution in [0.15, 0.2) is 47.3 Å². The number of nitrogens with zero attached hydrogens (tertiary/aromatic N) is 2. The van der Waals surface area contributed by atoms with Gasteiger partial charge in [0, 0.05) is 29.8 Å². The lowest BCUT2D eigenvalue weighted by Crippen LogP contribution is -2.40. The molecule has 1 aromatic heterocycles. The van der Waals surface area contributed by atoms with Gasteiger partial charge in [-0.2, -0.15) is 5.10 Å². The average Bonchev–Trinajstić information content (AvgIpc) is 2.89. The number of rotatable bonds is 5. The Hall–Kier alpha value is -3.32. The van der Waals surface area contributed by atoms with Crippen LogP contribution in [0.4, 0.5) is 4.39 Å². The van der Waals surface area contributed by atoms with Gasteiger partial charge in [0.25, 0.3) is 11.5 Å². The number of carbonyl (C=O) groups is 1. The smallest absolute Gasteiger partial charge is 0.267 e. The van der Waals surface area contributed by atoms with Gasteiger partial charge in [-0.25, -0.2) is 9.49 Å². The molecule has 0 bridgehead atoms. The molecule has 1 fully saturated rings. The highest BCUT2D eigenvalue weighted by atomic mass is 19.1. The number of H-pyrrole nitrogens is 1. The number of hydrogen-bond acceptors (Lipinski definition) is 4. The number of halogens is 1. The standard InChI is InChI=1S/C27H28FN3O3/c28-24-11-5-18(6-12-25-21-3-1-2-4-22(21)26(32)30-29-25)17-23(24)19-7-9-20(10-8-19)27(33)31-13-15-34-16-14-31/h5,7-11,17H,1-4,6,12-16H2,(H,30,32). The fourth-order valence-corrected chi connectivity index (χ4v) is 4.89. The number of aromatic nitrogens is 2. The van der Waals surface area contributed by atoms with E-state index in [0.717, 1.165) is 53.6 Å². The molecule has 0 atom stereocenters. The molecule has 176 valence electrons. The van der Waals surface area contributed by atoms with Gasteiger partial charge >= 0.3 is 0 Å². The summed E-state index contributed by atoms with van der Waals surface area (Å²) >= 11 is 0. The van der Waals surface area contributed by atoms with Crippen molar-refractivity contribution in [1.82, 2.24) is 15.1 Å².